The first-order valence-corrected chi connectivity index (χ1v) is 6.96. The Bertz CT molecular complexity index is 569. The van der Waals surface area contributed by atoms with Crippen LogP contribution in [0, 0.1) is 13.8 Å². The van der Waals surface area contributed by atoms with Gasteiger partial charge in [-0.3, -0.25) is 9.97 Å². The molecule has 0 amide bonds. The maximum atomic E-state index is 6.01. The topological polar surface area (TPSA) is 47.0 Å². The fraction of sp³-hybridized carbons (Fsp3) is 0.375. The van der Waals surface area contributed by atoms with E-state index < -0.39 is 0 Å². The summed E-state index contributed by atoms with van der Waals surface area (Å²) in [6.07, 6.45) is 4.75. The monoisotopic (exact) mass is 271 g/mol. The Balaban J connectivity index is 2.21. The number of pyridine rings is 2. The quantitative estimate of drug-likeness (QED) is 0.818. The van der Waals surface area contributed by atoms with E-state index in [2.05, 4.69) is 22.2 Å². The lowest BCUT2D eigenvalue weighted by Gasteiger charge is -2.13. The number of ether oxygens (including phenoxy) is 1. The molecule has 2 aromatic heterocycles. The number of aromatic nitrogens is 2. The van der Waals surface area contributed by atoms with Crippen molar-refractivity contribution in [2.24, 2.45) is 0 Å². The fourth-order valence-corrected chi connectivity index (χ4v) is 1.89. The predicted octanol–water partition coefficient (Wildman–Crippen LogP) is 3.39. The second-order valence-corrected chi connectivity index (χ2v) is 4.80. The van der Waals surface area contributed by atoms with Crippen molar-refractivity contribution in [3.8, 4) is 11.5 Å². The molecular formula is C16H21N3O. The van der Waals surface area contributed by atoms with E-state index in [1.54, 1.807) is 6.20 Å². The summed E-state index contributed by atoms with van der Waals surface area (Å²) in [5.74, 6) is 1.63. The van der Waals surface area contributed by atoms with Crippen molar-refractivity contribution in [1.29, 1.82) is 0 Å². The van der Waals surface area contributed by atoms with E-state index in [-0.39, 0.29) is 0 Å². The number of hydrogen-bond donors (Lipinski definition) is 1. The summed E-state index contributed by atoms with van der Waals surface area (Å²) < 4.78 is 6.01. The first-order valence-electron chi connectivity index (χ1n) is 6.96. The minimum absolute atomic E-state index is 0.760. The molecule has 0 aliphatic carbocycles. The molecule has 0 unspecified atom stereocenters. The maximum absolute atomic E-state index is 6.01. The summed E-state index contributed by atoms with van der Waals surface area (Å²) in [5.41, 5.74) is 2.89. The highest BCUT2D eigenvalue weighted by molar-refractivity contribution is 5.38. The molecule has 2 rings (SSSR count). The summed E-state index contributed by atoms with van der Waals surface area (Å²) in [6, 6.07) is 5.78. The van der Waals surface area contributed by atoms with E-state index in [1.807, 2.05) is 38.2 Å². The number of rotatable bonds is 6. The number of aryl methyl sites for hydroxylation is 2. The molecule has 20 heavy (non-hydrogen) atoms. The van der Waals surface area contributed by atoms with Gasteiger partial charge in [0.05, 0.1) is 5.69 Å². The second kappa shape index (κ2) is 7.01. The molecule has 0 saturated heterocycles. The van der Waals surface area contributed by atoms with E-state index in [1.165, 1.54) is 0 Å². The summed E-state index contributed by atoms with van der Waals surface area (Å²) in [4.78, 5) is 8.59. The first kappa shape index (κ1) is 14.5. The lowest BCUT2D eigenvalue weighted by Crippen LogP contribution is -2.14. The van der Waals surface area contributed by atoms with Gasteiger partial charge in [0, 0.05) is 36.3 Å². The Kier molecular flexibility index (Phi) is 5.07. The normalized spacial score (nSPS) is 10.6. The van der Waals surface area contributed by atoms with E-state index in [0.717, 1.165) is 48.0 Å². The molecule has 106 valence electrons. The van der Waals surface area contributed by atoms with Crippen molar-refractivity contribution in [2.75, 3.05) is 6.54 Å². The lowest BCUT2D eigenvalue weighted by molar-refractivity contribution is 0.464. The van der Waals surface area contributed by atoms with Gasteiger partial charge in [0.25, 0.3) is 0 Å². The van der Waals surface area contributed by atoms with Crippen molar-refractivity contribution in [3.63, 3.8) is 0 Å². The van der Waals surface area contributed by atoms with Crippen LogP contribution < -0.4 is 10.1 Å². The predicted molar refractivity (Wildman–Crippen MR) is 80.0 cm³/mol. The highest BCUT2D eigenvalue weighted by Crippen LogP contribution is 2.27. The third kappa shape index (κ3) is 3.78. The Morgan fingerprint density at radius 2 is 2.05 bits per heavy atom. The standard InChI is InChI=1S/C16H21N3O/c1-4-7-17-10-14-11-19-12(2)9-16(14)20-15-6-5-8-18-13(15)3/h5-6,8-9,11,17H,4,7,10H2,1-3H3. The molecule has 4 nitrogen and oxygen atoms in total. The van der Waals surface area contributed by atoms with Crippen LogP contribution in [-0.2, 0) is 6.54 Å². The average molecular weight is 271 g/mol. The van der Waals surface area contributed by atoms with Crippen LogP contribution in [0.15, 0.2) is 30.6 Å². The van der Waals surface area contributed by atoms with Crippen molar-refractivity contribution < 1.29 is 4.74 Å². The Hall–Kier alpha value is -1.94. The SMILES string of the molecule is CCCNCc1cnc(C)cc1Oc1cccnc1C. The molecule has 2 aromatic rings. The van der Waals surface area contributed by atoms with Crippen LogP contribution in [0.1, 0.15) is 30.3 Å². The van der Waals surface area contributed by atoms with E-state index in [0.29, 0.717) is 0 Å². The Morgan fingerprint density at radius 3 is 2.80 bits per heavy atom. The molecular weight excluding hydrogens is 250 g/mol. The smallest absolute Gasteiger partial charge is 0.148 e. The Morgan fingerprint density at radius 1 is 1.20 bits per heavy atom. The largest absolute Gasteiger partial charge is 0.455 e. The van der Waals surface area contributed by atoms with Gasteiger partial charge in [-0.05, 0) is 38.9 Å². The molecule has 1 N–H and O–H groups in total. The summed E-state index contributed by atoms with van der Waals surface area (Å²) in [5, 5.41) is 3.38. The van der Waals surface area contributed by atoms with Crippen molar-refractivity contribution in [2.45, 2.75) is 33.7 Å². The highest BCUT2D eigenvalue weighted by atomic mass is 16.5. The zero-order chi connectivity index (χ0) is 14.4. The number of nitrogens with one attached hydrogen (secondary N) is 1. The van der Waals surface area contributed by atoms with Crippen LogP contribution in [0.25, 0.3) is 0 Å². The number of nitrogens with zero attached hydrogens (tertiary/aromatic N) is 2. The summed E-state index contributed by atoms with van der Waals surface area (Å²) in [7, 11) is 0. The minimum Gasteiger partial charge on any atom is -0.455 e. The van der Waals surface area contributed by atoms with Gasteiger partial charge in [0.2, 0.25) is 0 Å². The van der Waals surface area contributed by atoms with Gasteiger partial charge in [-0.25, -0.2) is 0 Å². The van der Waals surface area contributed by atoms with Gasteiger partial charge >= 0.3 is 0 Å². The summed E-state index contributed by atoms with van der Waals surface area (Å²) >= 11 is 0. The van der Waals surface area contributed by atoms with Crippen molar-refractivity contribution in [3.05, 3.63) is 47.5 Å². The third-order valence-corrected chi connectivity index (χ3v) is 3.00. The molecule has 0 atom stereocenters. The molecule has 0 aliphatic heterocycles. The van der Waals surface area contributed by atoms with Crippen molar-refractivity contribution >= 4 is 0 Å². The number of hydrogen-bond acceptors (Lipinski definition) is 4. The minimum atomic E-state index is 0.760. The van der Waals surface area contributed by atoms with Gasteiger partial charge < -0.3 is 10.1 Å². The molecule has 0 bridgehead atoms. The molecule has 4 heteroatoms. The zero-order valence-corrected chi connectivity index (χ0v) is 12.3. The first-order chi connectivity index (χ1) is 9.70. The average Bonchev–Trinajstić information content (AvgIpc) is 2.44. The molecule has 0 spiro atoms. The summed E-state index contributed by atoms with van der Waals surface area (Å²) in [6.45, 7) is 7.80. The van der Waals surface area contributed by atoms with Gasteiger partial charge in [0.1, 0.15) is 11.5 Å². The zero-order valence-electron chi connectivity index (χ0n) is 12.3. The van der Waals surface area contributed by atoms with E-state index in [4.69, 9.17) is 4.74 Å². The van der Waals surface area contributed by atoms with Crippen LogP contribution in [-0.4, -0.2) is 16.5 Å². The molecule has 0 radical (unpaired) electrons. The molecule has 0 fully saturated rings. The molecule has 0 aliphatic rings. The van der Waals surface area contributed by atoms with Gasteiger partial charge in [0.15, 0.2) is 0 Å². The molecule has 0 saturated carbocycles. The highest BCUT2D eigenvalue weighted by Gasteiger charge is 2.08. The fourth-order valence-electron chi connectivity index (χ4n) is 1.89. The van der Waals surface area contributed by atoms with E-state index >= 15 is 0 Å². The van der Waals surface area contributed by atoms with Crippen LogP contribution in [0.4, 0.5) is 0 Å². The van der Waals surface area contributed by atoms with E-state index in [9.17, 15) is 0 Å². The van der Waals surface area contributed by atoms with Crippen LogP contribution in [0.3, 0.4) is 0 Å². The molecule has 2 heterocycles. The Labute approximate surface area is 120 Å². The van der Waals surface area contributed by atoms with Crippen LogP contribution in [0.2, 0.25) is 0 Å². The lowest BCUT2D eigenvalue weighted by atomic mass is 10.2. The second-order valence-electron chi connectivity index (χ2n) is 4.80. The van der Waals surface area contributed by atoms with Gasteiger partial charge in [-0.1, -0.05) is 6.92 Å². The molecule has 0 aromatic carbocycles. The van der Waals surface area contributed by atoms with Crippen molar-refractivity contribution in [1.82, 2.24) is 15.3 Å². The van der Waals surface area contributed by atoms with Gasteiger partial charge in [-0.2, -0.15) is 0 Å². The van der Waals surface area contributed by atoms with Crippen LogP contribution >= 0.6 is 0 Å². The van der Waals surface area contributed by atoms with Crippen LogP contribution in [0.5, 0.6) is 11.5 Å². The third-order valence-electron chi connectivity index (χ3n) is 3.00. The van der Waals surface area contributed by atoms with Gasteiger partial charge in [-0.15, -0.1) is 0 Å². The maximum Gasteiger partial charge on any atom is 0.148 e.